The first-order chi connectivity index (χ1) is 10.2. The minimum Gasteiger partial charge on any atom is -0.305 e. The van der Waals surface area contributed by atoms with Crippen LogP contribution in [0.25, 0.3) is 10.4 Å². The molecule has 0 aliphatic rings. The molecule has 0 spiro atoms. The summed E-state index contributed by atoms with van der Waals surface area (Å²) in [5.41, 5.74) is 1.43. The summed E-state index contributed by atoms with van der Waals surface area (Å²) in [6, 6.07) is 15.2. The lowest BCUT2D eigenvalue weighted by Crippen LogP contribution is -2.14. The van der Waals surface area contributed by atoms with Crippen LogP contribution < -0.4 is 5.32 Å². The van der Waals surface area contributed by atoms with E-state index in [1.54, 1.807) is 18.3 Å². The predicted molar refractivity (Wildman–Crippen MR) is 84.5 cm³/mol. The number of rotatable bonds is 3. The molecule has 0 radical (unpaired) electrons. The van der Waals surface area contributed by atoms with Gasteiger partial charge in [-0.15, -0.1) is 11.3 Å². The molecular weight excluding hydrogens is 282 g/mol. The lowest BCUT2D eigenvalue weighted by Gasteiger charge is -2.04. The molecule has 0 bridgehead atoms. The van der Waals surface area contributed by atoms with E-state index in [-0.39, 0.29) is 5.91 Å². The summed E-state index contributed by atoms with van der Waals surface area (Å²) < 4.78 is 0. The normalized spacial score (nSPS) is 10.3. The molecule has 104 valence electrons. The van der Waals surface area contributed by atoms with E-state index >= 15 is 0 Å². The van der Waals surface area contributed by atoms with Gasteiger partial charge in [-0.2, -0.15) is 0 Å². The highest BCUT2D eigenvalue weighted by molar-refractivity contribution is 7.15. The van der Waals surface area contributed by atoms with Crippen molar-refractivity contribution in [2.75, 3.05) is 5.32 Å². The van der Waals surface area contributed by atoms with E-state index in [9.17, 15) is 4.79 Å². The molecule has 0 unspecified atom stereocenters. The monoisotopic (exact) mass is 295 g/mol. The minimum atomic E-state index is -0.239. The molecule has 4 nitrogen and oxygen atoms in total. The molecule has 0 atom stereocenters. The molecule has 3 aromatic rings. The van der Waals surface area contributed by atoms with Gasteiger partial charge in [0.15, 0.2) is 0 Å². The van der Waals surface area contributed by atoms with Crippen LogP contribution in [0.15, 0.2) is 54.7 Å². The van der Waals surface area contributed by atoms with Gasteiger partial charge in [0.1, 0.15) is 11.5 Å². The summed E-state index contributed by atoms with van der Waals surface area (Å²) in [7, 11) is 0. The third-order valence-electron chi connectivity index (χ3n) is 2.89. The van der Waals surface area contributed by atoms with Gasteiger partial charge in [0.25, 0.3) is 5.91 Å². The highest BCUT2D eigenvalue weighted by Crippen LogP contribution is 2.30. The quantitative estimate of drug-likeness (QED) is 0.800. The highest BCUT2D eigenvalue weighted by Gasteiger charge is 2.18. The molecule has 2 aromatic heterocycles. The van der Waals surface area contributed by atoms with Crippen LogP contribution in [-0.4, -0.2) is 15.9 Å². The fourth-order valence-electron chi connectivity index (χ4n) is 1.98. The number of anilines is 1. The average molecular weight is 295 g/mol. The maximum absolute atomic E-state index is 12.4. The zero-order valence-corrected chi connectivity index (χ0v) is 12.2. The molecule has 0 fully saturated rings. The van der Waals surface area contributed by atoms with Gasteiger partial charge in [-0.3, -0.25) is 4.79 Å². The van der Waals surface area contributed by atoms with Crippen LogP contribution in [0.1, 0.15) is 15.5 Å². The van der Waals surface area contributed by atoms with Crippen LogP contribution in [0.3, 0.4) is 0 Å². The Hall–Kier alpha value is -2.53. The molecular formula is C16H13N3OS. The zero-order valence-electron chi connectivity index (χ0n) is 11.4. The van der Waals surface area contributed by atoms with Crippen molar-refractivity contribution in [1.29, 1.82) is 0 Å². The van der Waals surface area contributed by atoms with Gasteiger partial charge in [-0.05, 0) is 24.6 Å². The summed E-state index contributed by atoms with van der Waals surface area (Å²) in [5.74, 6) is 0.282. The van der Waals surface area contributed by atoms with Gasteiger partial charge in [0, 0.05) is 6.20 Å². The second-order valence-electron chi connectivity index (χ2n) is 4.45. The minimum absolute atomic E-state index is 0.239. The first-order valence-electron chi connectivity index (χ1n) is 6.49. The average Bonchev–Trinajstić information content (AvgIpc) is 2.91. The lowest BCUT2D eigenvalue weighted by molar-refractivity contribution is 0.102. The molecule has 0 saturated heterocycles. The van der Waals surface area contributed by atoms with Gasteiger partial charge in [-0.25, -0.2) is 9.97 Å². The topological polar surface area (TPSA) is 54.9 Å². The molecule has 1 aromatic carbocycles. The van der Waals surface area contributed by atoms with Gasteiger partial charge in [-0.1, -0.05) is 36.4 Å². The number of nitrogens with zero attached hydrogens (tertiary/aromatic N) is 2. The Morgan fingerprint density at radius 2 is 1.86 bits per heavy atom. The molecule has 1 amide bonds. The standard InChI is InChI=1S/C16H13N3OS/c1-11-18-14(15(21-11)12-7-3-2-4-8-12)16(20)19-13-9-5-6-10-17-13/h2-10H,1H3,(H,17,19,20). The first-order valence-corrected chi connectivity index (χ1v) is 7.31. The Balaban J connectivity index is 1.94. The maximum Gasteiger partial charge on any atom is 0.276 e. The van der Waals surface area contributed by atoms with Crippen LogP contribution in [0.5, 0.6) is 0 Å². The molecule has 0 aliphatic heterocycles. The summed E-state index contributed by atoms with van der Waals surface area (Å²) in [4.78, 5) is 21.7. The number of amides is 1. The number of aromatic nitrogens is 2. The maximum atomic E-state index is 12.4. The van der Waals surface area contributed by atoms with Crippen LogP contribution in [0, 0.1) is 6.92 Å². The van der Waals surface area contributed by atoms with Crippen molar-refractivity contribution in [2.45, 2.75) is 6.92 Å². The molecule has 0 aliphatic carbocycles. The lowest BCUT2D eigenvalue weighted by atomic mass is 10.1. The summed E-state index contributed by atoms with van der Waals surface area (Å²) in [6.07, 6.45) is 1.64. The van der Waals surface area contributed by atoms with Crippen LogP contribution in [0.2, 0.25) is 0 Å². The Morgan fingerprint density at radius 3 is 2.57 bits per heavy atom. The van der Waals surface area contributed by atoms with E-state index in [1.165, 1.54) is 11.3 Å². The molecule has 3 rings (SSSR count). The van der Waals surface area contributed by atoms with Crippen molar-refractivity contribution in [3.05, 3.63) is 65.4 Å². The number of hydrogen-bond acceptors (Lipinski definition) is 4. The fourth-order valence-corrected chi connectivity index (χ4v) is 2.90. The van der Waals surface area contributed by atoms with Crippen molar-refractivity contribution in [3.63, 3.8) is 0 Å². The van der Waals surface area contributed by atoms with Gasteiger partial charge < -0.3 is 5.32 Å². The predicted octanol–water partition coefficient (Wildman–Crippen LogP) is 3.77. The molecule has 2 heterocycles. The summed E-state index contributed by atoms with van der Waals surface area (Å²) in [5, 5.41) is 3.64. The number of aryl methyl sites for hydroxylation is 1. The van der Waals surface area contributed by atoms with Crippen molar-refractivity contribution < 1.29 is 4.79 Å². The van der Waals surface area contributed by atoms with E-state index in [0.717, 1.165) is 15.4 Å². The number of carbonyl (C=O) groups excluding carboxylic acids is 1. The number of pyridine rings is 1. The first kappa shape index (κ1) is 13.5. The Labute approximate surface area is 126 Å². The molecule has 5 heteroatoms. The summed E-state index contributed by atoms with van der Waals surface area (Å²) >= 11 is 1.51. The van der Waals surface area contributed by atoms with Gasteiger partial charge in [0.05, 0.1) is 9.88 Å². The van der Waals surface area contributed by atoms with Gasteiger partial charge >= 0.3 is 0 Å². The van der Waals surface area contributed by atoms with Crippen molar-refractivity contribution in [2.24, 2.45) is 0 Å². The molecule has 21 heavy (non-hydrogen) atoms. The van der Waals surface area contributed by atoms with E-state index < -0.39 is 0 Å². The second kappa shape index (κ2) is 5.85. The summed E-state index contributed by atoms with van der Waals surface area (Å²) in [6.45, 7) is 1.90. The number of thiazole rings is 1. The van der Waals surface area contributed by atoms with E-state index in [2.05, 4.69) is 15.3 Å². The van der Waals surface area contributed by atoms with Crippen molar-refractivity contribution in [3.8, 4) is 10.4 Å². The van der Waals surface area contributed by atoms with Gasteiger partial charge in [0.2, 0.25) is 0 Å². The Bertz CT molecular complexity index is 754. The van der Waals surface area contributed by atoms with E-state index in [4.69, 9.17) is 0 Å². The number of benzene rings is 1. The molecule has 1 N–H and O–H groups in total. The highest BCUT2D eigenvalue weighted by atomic mass is 32.1. The Kier molecular flexibility index (Phi) is 3.75. The zero-order chi connectivity index (χ0) is 14.7. The van der Waals surface area contributed by atoms with E-state index in [1.807, 2.05) is 43.3 Å². The van der Waals surface area contributed by atoms with Crippen LogP contribution >= 0.6 is 11.3 Å². The number of carbonyl (C=O) groups is 1. The number of nitrogens with one attached hydrogen (secondary N) is 1. The third-order valence-corrected chi connectivity index (χ3v) is 3.91. The molecule has 0 saturated carbocycles. The van der Waals surface area contributed by atoms with Crippen LogP contribution in [0.4, 0.5) is 5.82 Å². The SMILES string of the molecule is Cc1nc(C(=O)Nc2ccccn2)c(-c2ccccc2)s1. The fraction of sp³-hybridized carbons (Fsp3) is 0.0625. The van der Waals surface area contributed by atoms with E-state index in [0.29, 0.717) is 11.5 Å². The van der Waals surface area contributed by atoms with Crippen molar-refractivity contribution in [1.82, 2.24) is 9.97 Å². The third kappa shape index (κ3) is 2.98. The largest absolute Gasteiger partial charge is 0.305 e. The van der Waals surface area contributed by atoms with Crippen LogP contribution in [-0.2, 0) is 0 Å². The number of hydrogen-bond donors (Lipinski definition) is 1. The van der Waals surface area contributed by atoms with Crippen molar-refractivity contribution >= 4 is 23.1 Å². The Morgan fingerprint density at radius 1 is 1.10 bits per heavy atom. The second-order valence-corrected chi connectivity index (χ2v) is 5.65. The smallest absolute Gasteiger partial charge is 0.276 e.